The third-order valence-corrected chi connectivity index (χ3v) is 6.77. The van der Waals surface area contributed by atoms with Crippen molar-refractivity contribution >= 4 is 55.3 Å². The molecule has 0 aliphatic carbocycles. The van der Waals surface area contributed by atoms with Gasteiger partial charge in [-0.3, -0.25) is 14.3 Å². The molecule has 5 aromatic rings. The number of hydrogen-bond acceptors (Lipinski definition) is 5. The predicted molar refractivity (Wildman–Crippen MR) is 127 cm³/mol. The molecule has 0 N–H and O–H groups in total. The Morgan fingerprint density at radius 2 is 1.84 bits per heavy atom. The van der Waals surface area contributed by atoms with Gasteiger partial charge in [0.1, 0.15) is 6.54 Å². The second-order valence-corrected chi connectivity index (χ2v) is 8.82. The van der Waals surface area contributed by atoms with E-state index in [-0.39, 0.29) is 12.5 Å². The Morgan fingerprint density at radius 1 is 1.09 bits per heavy atom. The van der Waals surface area contributed by atoms with E-state index in [0.29, 0.717) is 27.8 Å². The number of aromatic nitrogens is 2. The van der Waals surface area contributed by atoms with Crippen molar-refractivity contribution < 1.29 is 9.21 Å². The molecule has 1 amide bonds. The van der Waals surface area contributed by atoms with E-state index in [4.69, 9.17) is 21.0 Å². The van der Waals surface area contributed by atoms with Gasteiger partial charge in [-0.25, -0.2) is 9.78 Å². The molecule has 160 valence electrons. The maximum Gasteiger partial charge on any atom is 0.420 e. The van der Waals surface area contributed by atoms with Crippen LogP contribution < -0.4 is 10.7 Å². The molecule has 0 spiro atoms. The van der Waals surface area contributed by atoms with Crippen molar-refractivity contribution in [2.75, 3.05) is 4.90 Å². The first kappa shape index (κ1) is 20.5. The minimum absolute atomic E-state index is 0.154. The van der Waals surface area contributed by atoms with Crippen LogP contribution in [0.3, 0.4) is 0 Å². The molecule has 6 nitrogen and oxygen atoms in total. The molecular weight excluding hydrogens is 446 g/mol. The Balaban J connectivity index is 1.56. The van der Waals surface area contributed by atoms with Gasteiger partial charge in [0.25, 0.3) is 0 Å². The van der Waals surface area contributed by atoms with E-state index in [1.807, 2.05) is 49.4 Å². The van der Waals surface area contributed by atoms with Crippen LogP contribution in [0.1, 0.15) is 11.1 Å². The van der Waals surface area contributed by atoms with Crippen molar-refractivity contribution in [2.24, 2.45) is 0 Å². The highest BCUT2D eigenvalue weighted by Crippen LogP contribution is 2.34. The summed E-state index contributed by atoms with van der Waals surface area (Å²) in [4.78, 5) is 32.3. The smallest absolute Gasteiger partial charge is 0.408 e. The maximum absolute atomic E-state index is 13.5. The Morgan fingerprint density at radius 3 is 2.66 bits per heavy atom. The number of hydrogen-bond donors (Lipinski definition) is 0. The average Bonchev–Trinajstić information content (AvgIpc) is 3.37. The fourth-order valence-electron chi connectivity index (χ4n) is 3.62. The number of benzene rings is 3. The summed E-state index contributed by atoms with van der Waals surface area (Å²) in [5.74, 6) is -0.823. The number of thiazole rings is 1. The lowest BCUT2D eigenvalue weighted by atomic mass is 10.2. The predicted octanol–water partition coefficient (Wildman–Crippen LogP) is 5.40. The zero-order valence-corrected chi connectivity index (χ0v) is 18.7. The molecule has 0 bridgehead atoms. The molecule has 2 heterocycles. The van der Waals surface area contributed by atoms with E-state index in [2.05, 4.69) is 0 Å². The van der Waals surface area contributed by atoms with Crippen LogP contribution in [0.5, 0.6) is 0 Å². The van der Waals surface area contributed by atoms with Crippen LogP contribution in [-0.2, 0) is 17.9 Å². The number of fused-ring (bicyclic) bond motifs is 2. The number of oxazole rings is 1. The largest absolute Gasteiger partial charge is 0.420 e. The topological polar surface area (TPSA) is 68.3 Å². The summed E-state index contributed by atoms with van der Waals surface area (Å²) in [7, 11) is 0. The summed E-state index contributed by atoms with van der Waals surface area (Å²) in [5, 5.41) is 1.19. The van der Waals surface area contributed by atoms with E-state index >= 15 is 0 Å². The van der Waals surface area contributed by atoms with Crippen LogP contribution in [0, 0.1) is 6.92 Å². The standard InChI is InChI=1S/C24H18ClN3O3S/c1-15-17(25)11-12-20-22(15)26-23(32-20)28(13-16-7-3-2-4-8-16)21(29)14-27-18-9-5-6-10-19(18)31-24(27)30/h2-12H,13-14H2,1H3. The molecule has 3 aromatic carbocycles. The van der Waals surface area contributed by atoms with Crippen molar-refractivity contribution in [3.8, 4) is 0 Å². The fourth-order valence-corrected chi connectivity index (χ4v) is 4.81. The first-order chi connectivity index (χ1) is 15.5. The van der Waals surface area contributed by atoms with Gasteiger partial charge < -0.3 is 4.42 Å². The Labute approximate surface area is 192 Å². The number of anilines is 1. The molecule has 0 radical (unpaired) electrons. The Kier molecular flexibility index (Phi) is 5.28. The van der Waals surface area contributed by atoms with Gasteiger partial charge in [-0.2, -0.15) is 0 Å². The van der Waals surface area contributed by atoms with Gasteiger partial charge in [0.05, 0.1) is 22.3 Å². The zero-order chi connectivity index (χ0) is 22.2. The van der Waals surface area contributed by atoms with Gasteiger partial charge in [-0.1, -0.05) is 65.4 Å². The fraction of sp³-hybridized carbons (Fsp3) is 0.125. The number of nitrogens with zero attached hydrogens (tertiary/aromatic N) is 3. The van der Waals surface area contributed by atoms with Gasteiger partial charge in [0.2, 0.25) is 5.91 Å². The normalized spacial score (nSPS) is 11.3. The lowest BCUT2D eigenvalue weighted by Crippen LogP contribution is -2.35. The minimum atomic E-state index is -0.564. The first-order valence-electron chi connectivity index (χ1n) is 9.99. The highest BCUT2D eigenvalue weighted by molar-refractivity contribution is 7.22. The van der Waals surface area contributed by atoms with Crippen LogP contribution in [0.15, 0.2) is 75.9 Å². The quantitative estimate of drug-likeness (QED) is 0.350. The van der Waals surface area contributed by atoms with Gasteiger partial charge in [0, 0.05) is 5.02 Å². The van der Waals surface area contributed by atoms with E-state index < -0.39 is 5.76 Å². The van der Waals surface area contributed by atoms with Crippen LogP contribution in [-0.4, -0.2) is 15.5 Å². The van der Waals surface area contributed by atoms with E-state index in [9.17, 15) is 9.59 Å². The Hall–Kier alpha value is -3.42. The number of halogens is 1. The third kappa shape index (κ3) is 3.70. The van der Waals surface area contributed by atoms with Gasteiger partial charge >= 0.3 is 5.76 Å². The monoisotopic (exact) mass is 463 g/mol. The number of carbonyl (C=O) groups is 1. The summed E-state index contributed by atoms with van der Waals surface area (Å²) in [6, 6.07) is 20.5. The second kappa shape index (κ2) is 8.26. The molecule has 0 aliphatic rings. The molecule has 32 heavy (non-hydrogen) atoms. The van der Waals surface area contributed by atoms with Crippen molar-refractivity contribution in [3.05, 3.63) is 93.4 Å². The average molecular weight is 464 g/mol. The van der Waals surface area contributed by atoms with Gasteiger partial charge in [-0.15, -0.1) is 0 Å². The molecular formula is C24H18ClN3O3S. The van der Waals surface area contributed by atoms with Gasteiger partial charge in [0.15, 0.2) is 10.7 Å². The minimum Gasteiger partial charge on any atom is -0.408 e. The highest BCUT2D eigenvalue weighted by atomic mass is 35.5. The molecule has 0 aliphatic heterocycles. The van der Waals surface area contributed by atoms with Crippen molar-refractivity contribution in [1.29, 1.82) is 0 Å². The van der Waals surface area contributed by atoms with Gasteiger partial charge in [-0.05, 0) is 42.3 Å². The number of amides is 1. The van der Waals surface area contributed by atoms with Crippen LogP contribution in [0.2, 0.25) is 5.02 Å². The summed E-state index contributed by atoms with van der Waals surface area (Å²) in [6.07, 6.45) is 0. The highest BCUT2D eigenvalue weighted by Gasteiger charge is 2.23. The molecule has 2 aromatic heterocycles. The van der Waals surface area contributed by atoms with Crippen molar-refractivity contribution in [2.45, 2.75) is 20.0 Å². The molecule has 8 heteroatoms. The Bertz CT molecular complexity index is 1500. The SMILES string of the molecule is Cc1c(Cl)ccc2sc(N(Cc3ccccc3)C(=O)Cn3c(=O)oc4ccccc43)nc12. The molecule has 0 atom stereocenters. The lowest BCUT2D eigenvalue weighted by Gasteiger charge is -2.20. The molecule has 0 saturated carbocycles. The van der Waals surface area contributed by atoms with Crippen LogP contribution in [0.4, 0.5) is 5.13 Å². The summed E-state index contributed by atoms with van der Waals surface area (Å²) in [6.45, 7) is 2.09. The van der Waals surface area contributed by atoms with E-state index in [1.165, 1.54) is 15.9 Å². The van der Waals surface area contributed by atoms with Crippen molar-refractivity contribution in [1.82, 2.24) is 9.55 Å². The summed E-state index contributed by atoms with van der Waals surface area (Å²) >= 11 is 7.69. The molecule has 0 fully saturated rings. The molecule has 5 rings (SSSR count). The summed E-state index contributed by atoms with van der Waals surface area (Å²) < 4.78 is 7.59. The first-order valence-corrected chi connectivity index (χ1v) is 11.2. The summed E-state index contributed by atoms with van der Waals surface area (Å²) in [5.41, 5.74) is 3.63. The zero-order valence-electron chi connectivity index (χ0n) is 17.1. The number of rotatable bonds is 5. The van der Waals surface area contributed by atoms with E-state index in [1.54, 1.807) is 29.2 Å². The lowest BCUT2D eigenvalue weighted by molar-refractivity contribution is -0.119. The second-order valence-electron chi connectivity index (χ2n) is 7.40. The number of aryl methyl sites for hydroxylation is 1. The van der Waals surface area contributed by atoms with Crippen LogP contribution in [0.25, 0.3) is 21.3 Å². The number of para-hydroxylation sites is 2. The molecule has 0 saturated heterocycles. The van der Waals surface area contributed by atoms with Crippen molar-refractivity contribution in [3.63, 3.8) is 0 Å². The van der Waals surface area contributed by atoms with E-state index in [0.717, 1.165) is 21.3 Å². The maximum atomic E-state index is 13.5. The number of carbonyl (C=O) groups excluding carboxylic acids is 1. The van der Waals surface area contributed by atoms with Crippen LogP contribution >= 0.6 is 22.9 Å². The third-order valence-electron chi connectivity index (χ3n) is 5.32. The molecule has 0 unspecified atom stereocenters.